The molecule has 2 heterocycles. The van der Waals surface area contributed by atoms with Gasteiger partial charge in [0.15, 0.2) is 0 Å². The van der Waals surface area contributed by atoms with Crippen LogP contribution in [0.25, 0.3) is 0 Å². The minimum absolute atomic E-state index is 0.134. The summed E-state index contributed by atoms with van der Waals surface area (Å²) in [5, 5.41) is 0. The molecule has 4 atom stereocenters. The van der Waals surface area contributed by atoms with Gasteiger partial charge in [-0.1, -0.05) is 31.9 Å². The van der Waals surface area contributed by atoms with Crippen LogP contribution in [0.2, 0.25) is 0 Å². The minimum atomic E-state index is -0.289. The SMILES string of the molecule is O=C(CN1C(=O)[C@H]2C[C@@H](Br)[C@@H](Br)C[C@H]2C1=O)N1CCOCC1. The van der Waals surface area contributed by atoms with E-state index in [2.05, 4.69) is 31.9 Å². The van der Waals surface area contributed by atoms with E-state index < -0.39 is 0 Å². The summed E-state index contributed by atoms with van der Waals surface area (Å²) < 4.78 is 5.21. The Labute approximate surface area is 145 Å². The molecule has 0 radical (unpaired) electrons. The summed E-state index contributed by atoms with van der Waals surface area (Å²) in [6.45, 7) is 1.93. The topological polar surface area (TPSA) is 66.9 Å². The van der Waals surface area contributed by atoms with Crippen molar-refractivity contribution in [3.8, 4) is 0 Å². The normalized spacial score (nSPS) is 35.7. The molecule has 6 nitrogen and oxygen atoms in total. The van der Waals surface area contributed by atoms with E-state index in [4.69, 9.17) is 4.74 Å². The van der Waals surface area contributed by atoms with Crippen LogP contribution in [-0.2, 0) is 19.1 Å². The molecule has 122 valence electrons. The Hall–Kier alpha value is -0.470. The van der Waals surface area contributed by atoms with Crippen molar-refractivity contribution in [3.63, 3.8) is 0 Å². The maximum Gasteiger partial charge on any atom is 0.242 e. The van der Waals surface area contributed by atoms with Crippen molar-refractivity contribution in [1.82, 2.24) is 9.80 Å². The number of hydrogen-bond donors (Lipinski definition) is 0. The van der Waals surface area contributed by atoms with Crippen molar-refractivity contribution in [2.45, 2.75) is 22.5 Å². The maximum absolute atomic E-state index is 12.5. The Morgan fingerprint density at radius 2 is 1.55 bits per heavy atom. The summed E-state index contributed by atoms with van der Waals surface area (Å²) in [4.78, 5) is 40.5. The molecule has 0 spiro atoms. The van der Waals surface area contributed by atoms with Crippen LogP contribution >= 0.6 is 31.9 Å². The number of amides is 3. The monoisotopic (exact) mass is 436 g/mol. The predicted molar refractivity (Wildman–Crippen MR) is 85.8 cm³/mol. The second-order valence-electron chi connectivity index (χ2n) is 5.97. The summed E-state index contributed by atoms with van der Waals surface area (Å²) in [5.41, 5.74) is 0. The Bertz CT molecular complexity index is 467. The molecule has 3 rings (SSSR count). The van der Waals surface area contributed by atoms with Gasteiger partial charge in [-0.15, -0.1) is 0 Å². The average Bonchev–Trinajstić information content (AvgIpc) is 2.74. The summed E-state index contributed by atoms with van der Waals surface area (Å²) in [5.74, 6) is -1.14. The number of carbonyl (C=O) groups is 3. The quantitative estimate of drug-likeness (QED) is 0.472. The predicted octanol–water partition coefficient (Wildman–Crippen LogP) is 0.767. The third kappa shape index (κ3) is 2.97. The van der Waals surface area contributed by atoms with Crippen molar-refractivity contribution in [3.05, 3.63) is 0 Å². The Kier molecular flexibility index (Phi) is 4.89. The van der Waals surface area contributed by atoms with Crippen LogP contribution < -0.4 is 0 Å². The first-order valence-corrected chi connectivity index (χ1v) is 9.31. The van der Waals surface area contributed by atoms with E-state index >= 15 is 0 Å². The molecular formula is C14H18Br2N2O4. The van der Waals surface area contributed by atoms with Gasteiger partial charge in [-0.3, -0.25) is 19.3 Å². The molecule has 22 heavy (non-hydrogen) atoms. The third-order valence-electron chi connectivity index (χ3n) is 4.66. The fourth-order valence-corrected chi connectivity index (χ4v) is 4.60. The first kappa shape index (κ1) is 16.4. The van der Waals surface area contributed by atoms with Crippen molar-refractivity contribution >= 4 is 49.6 Å². The van der Waals surface area contributed by atoms with Gasteiger partial charge in [-0.2, -0.15) is 0 Å². The molecule has 8 heteroatoms. The van der Waals surface area contributed by atoms with Gasteiger partial charge >= 0.3 is 0 Å². The molecule has 0 aromatic rings. The van der Waals surface area contributed by atoms with E-state index in [1.165, 1.54) is 0 Å². The maximum atomic E-state index is 12.5. The van der Waals surface area contributed by atoms with E-state index in [0.717, 1.165) is 4.90 Å². The number of alkyl halides is 2. The first-order valence-electron chi connectivity index (χ1n) is 7.48. The summed E-state index contributed by atoms with van der Waals surface area (Å²) in [7, 11) is 0. The number of imide groups is 1. The van der Waals surface area contributed by atoms with E-state index in [1.54, 1.807) is 4.90 Å². The van der Waals surface area contributed by atoms with Crippen molar-refractivity contribution in [1.29, 1.82) is 0 Å². The highest BCUT2D eigenvalue weighted by atomic mass is 79.9. The van der Waals surface area contributed by atoms with Gasteiger partial charge in [0, 0.05) is 22.7 Å². The molecular weight excluding hydrogens is 420 g/mol. The lowest BCUT2D eigenvalue weighted by atomic mass is 9.81. The number of fused-ring (bicyclic) bond motifs is 1. The summed E-state index contributed by atoms with van der Waals surface area (Å²) in [6.07, 6.45) is 1.26. The number of ether oxygens (including phenoxy) is 1. The molecule has 0 unspecified atom stereocenters. The second kappa shape index (κ2) is 6.57. The Morgan fingerprint density at radius 1 is 1.05 bits per heavy atom. The number of morpholine rings is 1. The molecule has 1 saturated carbocycles. The smallest absolute Gasteiger partial charge is 0.242 e. The number of hydrogen-bond acceptors (Lipinski definition) is 4. The molecule has 0 N–H and O–H groups in total. The van der Waals surface area contributed by atoms with E-state index in [1.807, 2.05) is 0 Å². The lowest BCUT2D eigenvalue weighted by Crippen LogP contribution is -2.47. The summed E-state index contributed by atoms with van der Waals surface area (Å²) >= 11 is 7.11. The van der Waals surface area contributed by atoms with E-state index in [9.17, 15) is 14.4 Å². The van der Waals surface area contributed by atoms with E-state index in [0.29, 0.717) is 39.1 Å². The van der Waals surface area contributed by atoms with Crippen LogP contribution in [0, 0.1) is 11.8 Å². The highest BCUT2D eigenvalue weighted by Crippen LogP contribution is 2.43. The van der Waals surface area contributed by atoms with Crippen LogP contribution in [-0.4, -0.2) is 70.0 Å². The number of halogens is 2. The van der Waals surface area contributed by atoms with Gasteiger partial charge in [0.05, 0.1) is 25.0 Å². The van der Waals surface area contributed by atoms with Gasteiger partial charge < -0.3 is 9.64 Å². The Morgan fingerprint density at radius 3 is 2.05 bits per heavy atom. The molecule has 3 amide bonds. The highest BCUT2D eigenvalue weighted by Gasteiger charge is 2.52. The van der Waals surface area contributed by atoms with Crippen LogP contribution in [0.1, 0.15) is 12.8 Å². The fourth-order valence-electron chi connectivity index (χ4n) is 3.37. The van der Waals surface area contributed by atoms with Gasteiger partial charge in [0.1, 0.15) is 6.54 Å². The second-order valence-corrected chi connectivity index (χ2v) is 8.32. The largest absolute Gasteiger partial charge is 0.378 e. The lowest BCUT2D eigenvalue weighted by molar-refractivity contribution is -0.148. The highest BCUT2D eigenvalue weighted by molar-refractivity contribution is 9.12. The molecule has 3 aliphatic rings. The first-order chi connectivity index (χ1) is 10.5. The molecule has 0 aromatic heterocycles. The number of nitrogens with zero attached hydrogens (tertiary/aromatic N) is 2. The molecule has 3 fully saturated rings. The van der Waals surface area contributed by atoms with E-state index in [-0.39, 0.29) is 45.8 Å². The van der Waals surface area contributed by atoms with Crippen LogP contribution in [0.15, 0.2) is 0 Å². The molecule has 0 bridgehead atoms. The van der Waals surface area contributed by atoms with Gasteiger partial charge in [0.2, 0.25) is 17.7 Å². The average molecular weight is 438 g/mol. The van der Waals surface area contributed by atoms with Crippen molar-refractivity contribution in [2.75, 3.05) is 32.8 Å². The van der Waals surface area contributed by atoms with Crippen molar-refractivity contribution < 1.29 is 19.1 Å². The molecule has 0 aromatic carbocycles. The van der Waals surface area contributed by atoms with Crippen LogP contribution in [0.4, 0.5) is 0 Å². The zero-order valence-electron chi connectivity index (χ0n) is 12.0. The number of rotatable bonds is 2. The molecule has 2 aliphatic heterocycles. The molecule has 1 aliphatic carbocycles. The molecule has 2 saturated heterocycles. The minimum Gasteiger partial charge on any atom is -0.378 e. The van der Waals surface area contributed by atoms with Crippen LogP contribution in [0.5, 0.6) is 0 Å². The van der Waals surface area contributed by atoms with Crippen LogP contribution in [0.3, 0.4) is 0 Å². The van der Waals surface area contributed by atoms with Crippen molar-refractivity contribution in [2.24, 2.45) is 11.8 Å². The number of likely N-dealkylation sites (tertiary alicyclic amines) is 1. The third-order valence-corrected chi connectivity index (χ3v) is 7.39. The number of carbonyl (C=O) groups excluding carboxylic acids is 3. The standard InChI is InChI=1S/C14H18Br2N2O4/c15-10-5-8-9(6-11(10)16)14(21)18(13(8)20)7-12(19)17-1-3-22-4-2-17/h8-11H,1-7H2/t8-,9+,10+,11-. The Balaban J connectivity index is 1.68. The lowest BCUT2D eigenvalue weighted by Gasteiger charge is -2.29. The zero-order chi connectivity index (χ0) is 15.9. The van der Waals surface area contributed by atoms with Gasteiger partial charge in [-0.25, -0.2) is 0 Å². The van der Waals surface area contributed by atoms with Gasteiger partial charge in [0.25, 0.3) is 0 Å². The summed E-state index contributed by atoms with van der Waals surface area (Å²) in [6, 6.07) is 0. The zero-order valence-corrected chi connectivity index (χ0v) is 15.2. The van der Waals surface area contributed by atoms with Gasteiger partial charge in [-0.05, 0) is 12.8 Å². The fraction of sp³-hybridized carbons (Fsp3) is 0.786.